The topological polar surface area (TPSA) is 50.2 Å². The Kier molecular flexibility index (Phi) is 5.98. The third kappa shape index (κ3) is 4.54. The van der Waals surface area contributed by atoms with Crippen LogP contribution in [0, 0.1) is 9.49 Å². The van der Waals surface area contributed by atoms with E-state index in [2.05, 4.69) is 50.8 Å². The molecule has 0 bridgehead atoms. The van der Waals surface area contributed by atoms with E-state index in [0.717, 1.165) is 28.3 Å². The van der Waals surface area contributed by atoms with E-state index in [4.69, 9.17) is 0 Å². The molecule has 1 aliphatic heterocycles. The molecule has 3 rings (SSSR count). The number of hydrogen-bond donors (Lipinski definition) is 1. The van der Waals surface area contributed by atoms with Crippen LogP contribution in [0.5, 0.6) is 0 Å². The molecule has 2 aromatic rings. The van der Waals surface area contributed by atoms with Crippen molar-refractivity contribution >= 4 is 39.8 Å². The minimum atomic E-state index is -0.0516. The highest BCUT2D eigenvalue weighted by molar-refractivity contribution is 14.1. The Bertz CT molecular complexity index is 764. The molecule has 1 aliphatic rings. The van der Waals surface area contributed by atoms with Gasteiger partial charge in [-0.3, -0.25) is 4.79 Å². The monoisotopic (exact) mass is 452 g/mol. The molecule has 2 aromatic heterocycles. The van der Waals surface area contributed by atoms with Crippen molar-refractivity contribution in [3.8, 4) is 0 Å². The zero-order valence-electron chi connectivity index (χ0n) is 14.8. The lowest BCUT2D eigenvalue weighted by atomic mass is 9.92. The van der Waals surface area contributed by atoms with Crippen LogP contribution in [0.4, 0.5) is 17.2 Å². The van der Waals surface area contributed by atoms with Gasteiger partial charge in [-0.25, -0.2) is 4.98 Å². The molecule has 0 saturated carbocycles. The summed E-state index contributed by atoms with van der Waals surface area (Å²) in [5.41, 5.74) is 1.66. The number of rotatable bonds is 5. The molecule has 0 spiro atoms. The lowest BCUT2D eigenvalue weighted by Crippen LogP contribution is -2.33. The highest BCUT2D eigenvalue weighted by atomic mass is 127. The predicted molar refractivity (Wildman–Crippen MR) is 112 cm³/mol. The van der Waals surface area contributed by atoms with Crippen LogP contribution in [0.2, 0.25) is 0 Å². The summed E-state index contributed by atoms with van der Waals surface area (Å²) < 4.78 is 2.59. The summed E-state index contributed by atoms with van der Waals surface area (Å²) in [7, 11) is 1.76. The van der Waals surface area contributed by atoms with Gasteiger partial charge in [-0.05, 0) is 59.5 Å². The summed E-state index contributed by atoms with van der Waals surface area (Å²) in [6, 6.07) is 5.89. The Morgan fingerprint density at radius 2 is 2.08 bits per heavy atom. The summed E-state index contributed by atoms with van der Waals surface area (Å²) >= 11 is 2.21. The van der Waals surface area contributed by atoms with Gasteiger partial charge in [0.2, 0.25) is 0 Å². The lowest BCUT2D eigenvalue weighted by molar-refractivity contribution is 0.378. The molecule has 0 aliphatic carbocycles. The molecule has 3 heterocycles. The smallest absolute Gasteiger partial charge is 0.274 e. The minimum Gasteiger partial charge on any atom is -0.370 e. The van der Waals surface area contributed by atoms with Crippen molar-refractivity contribution in [1.29, 1.82) is 0 Å². The maximum absolute atomic E-state index is 12.2. The zero-order valence-corrected chi connectivity index (χ0v) is 17.0. The minimum absolute atomic E-state index is 0.0516. The molecule has 0 atom stereocenters. The second-order valence-corrected chi connectivity index (χ2v) is 7.98. The number of halogens is 1. The Morgan fingerprint density at radius 3 is 2.72 bits per heavy atom. The molecular formula is C19H25IN4O. The van der Waals surface area contributed by atoms with E-state index in [-0.39, 0.29) is 5.56 Å². The van der Waals surface area contributed by atoms with Crippen LogP contribution >= 0.6 is 22.6 Å². The van der Waals surface area contributed by atoms with E-state index < -0.39 is 0 Å². The van der Waals surface area contributed by atoms with E-state index in [1.807, 2.05) is 24.5 Å². The number of nitrogens with one attached hydrogen (secondary N) is 1. The average molecular weight is 452 g/mol. The van der Waals surface area contributed by atoms with Crippen LogP contribution in [0.1, 0.15) is 32.6 Å². The normalized spacial score (nSPS) is 15.4. The van der Waals surface area contributed by atoms with E-state index in [1.165, 1.54) is 25.7 Å². The molecule has 1 saturated heterocycles. The Balaban J connectivity index is 1.66. The number of aryl methyl sites for hydroxylation is 1. The van der Waals surface area contributed by atoms with Crippen molar-refractivity contribution in [2.75, 3.05) is 23.3 Å². The van der Waals surface area contributed by atoms with Gasteiger partial charge in [0.05, 0.1) is 11.9 Å². The number of nitrogens with zero attached hydrogens (tertiary/aromatic N) is 3. The molecule has 0 unspecified atom stereocenters. The van der Waals surface area contributed by atoms with Crippen molar-refractivity contribution < 1.29 is 0 Å². The predicted octanol–water partition coefficient (Wildman–Crippen LogP) is 4.15. The summed E-state index contributed by atoms with van der Waals surface area (Å²) in [5, 5.41) is 3.14. The maximum Gasteiger partial charge on any atom is 0.274 e. The van der Waals surface area contributed by atoms with Crippen LogP contribution < -0.4 is 15.8 Å². The van der Waals surface area contributed by atoms with Gasteiger partial charge in [0.25, 0.3) is 5.56 Å². The molecule has 6 heteroatoms. The Morgan fingerprint density at radius 1 is 1.32 bits per heavy atom. The van der Waals surface area contributed by atoms with Crippen LogP contribution in [0.3, 0.4) is 0 Å². The second kappa shape index (κ2) is 8.21. The maximum atomic E-state index is 12.2. The molecule has 5 nitrogen and oxygen atoms in total. The lowest BCUT2D eigenvalue weighted by Gasteiger charge is -2.33. The largest absolute Gasteiger partial charge is 0.370 e. The fourth-order valence-corrected chi connectivity index (χ4v) is 4.16. The van der Waals surface area contributed by atoms with Crippen LogP contribution in [0.15, 0.2) is 35.4 Å². The number of hydrogen-bond acceptors (Lipinski definition) is 4. The van der Waals surface area contributed by atoms with Crippen molar-refractivity contribution in [2.45, 2.75) is 32.6 Å². The third-order valence-electron chi connectivity index (χ3n) is 4.84. The first-order valence-electron chi connectivity index (χ1n) is 8.91. The van der Waals surface area contributed by atoms with Gasteiger partial charge in [-0.2, -0.15) is 0 Å². The van der Waals surface area contributed by atoms with Crippen molar-refractivity contribution in [3.63, 3.8) is 0 Å². The fourth-order valence-electron chi connectivity index (χ4n) is 3.43. The summed E-state index contributed by atoms with van der Waals surface area (Å²) in [6.45, 7) is 4.48. The summed E-state index contributed by atoms with van der Waals surface area (Å²) in [6.07, 6.45) is 8.89. The van der Waals surface area contributed by atoms with Gasteiger partial charge in [0, 0.05) is 29.9 Å². The van der Waals surface area contributed by atoms with Gasteiger partial charge >= 0.3 is 0 Å². The van der Waals surface area contributed by atoms with Crippen molar-refractivity contribution in [3.05, 3.63) is 44.5 Å². The zero-order chi connectivity index (χ0) is 17.8. The first-order chi connectivity index (χ1) is 12.1. The van der Waals surface area contributed by atoms with Crippen LogP contribution in [0.25, 0.3) is 0 Å². The first-order valence-corrected chi connectivity index (χ1v) is 9.99. The number of anilines is 3. The van der Waals surface area contributed by atoms with Crippen molar-refractivity contribution in [1.82, 2.24) is 9.55 Å². The highest BCUT2D eigenvalue weighted by Crippen LogP contribution is 2.26. The molecule has 25 heavy (non-hydrogen) atoms. The average Bonchev–Trinajstić information content (AvgIpc) is 2.61. The number of aromatic nitrogens is 2. The molecule has 0 amide bonds. The first kappa shape index (κ1) is 18.2. The third-order valence-corrected chi connectivity index (χ3v) is 5.43. The number of piperidine rings is 1. The van der Waals surface area contributed by atoms with Crippen LogP contribution in [-0.4, -0.2) is 22.6 Å². The molecule has 1 fully saturated rings. The highest BCUT2D eigenvalue weighted by Gasteiger charge is 2.18. The molecule has 134 valence electrons. The SMILES string of the molecule is CCCC1CCN(c2ccc(Nc3cc(I)cn(C)c3=O)nc2)CC1. The van der Waals surface area contributed by atoms with Gasteiger partial charge in [0.15, 0.2) is 0 Å². The fraction of sp³-hybridized carbons (Fsp3) is 0.474. The van der Waals surface area contributed by atoms with E-state index in [1.54, 1.807) is 11.6 Å². The molecule has 0 radical (unpaired) electrons. The van der Waals surface area contributed by atoms with Gasteiger partial charge in [-0.1, -0.05) is 19.8 Å². The molecule has 0 aromatic carbocycles. The Hall–Kier alpha value is -1.57. The second-order valence-electron chi connectivity index (χ2n) is 6.73. The van der Waals surface area contributed by atoms with E-state index in [0.29, 0.717) is 11.5 Å². The molecule has 1 N–H and O–H groups in total. The quantitative estimate of drug-likeness (QED) is 0.693. The van der Waals surface area contributed by atoms with Gasteiger partial charge in [0.1, 0.15) is 11.5 Å². The number of pyridine rings is 2. The van der Waals surface area contributed by atoms with Crippen LogP contribution in [-0.2, 0) is 7.05 Å². The van der Waals surface area contributed by atoms with Gasteiger partial charge < -0.3 is 14.8 Å². The van der Waals surface area contributed by atoms with Gasteiger partial charge in [-0.15, -0.1) is 0 Å². The Labute approximate surface area is 162 Å². The van der Waals surface area contributed by atoms with Crippen molar-refractivity contribution in [2.24, 2.45) is 13.0 Å². The summed E-state index contributed by atoms with van der Waals surface area (Å²) in [5.74, 6) is 1.58. The van der Waals surface area contributed by atoms with E-state index in [9.17, 15) is 4.79 Å². The van der Waals surface area contributed by atoms with E-state index >= 15 is 0 Å². The summed E-state index contributed by atoms with van der Waals surface area (Å²) in [4.78, 5) is 19.1. The standard InChI is InChI=1S/C19H25IN4O/c1-3-4-14-7-9-24(10-8-14)16-5-6-18(21-12-16)22-17-11-15(20)13-23(2)19(17)25/h5-6,11-14H,3-4,7-10H2,1-2H3,(H,21,22). The molecular weight excluding hydrogens is 427 g/mol.